The van der Waals surface area contributed by atoms with Crippen molar-refractivity contribution in [2.24, 2.45) is 0 Å². The predicted octanol–water partition coefficient (Wildman–Crippen LogP) is 3.60. The smallest absolute Gasteiger partial charge is 0.355 e. The van der Waals surface area contributed by atoms with E-state index in [1.807, 2.05) is 60.0 Å². The number of methoxy groups -OCH3 is 1. The van der Waals surface area contributed by atoms with Crippen LogP contribution in [0.1, 0.15) is 32.0 Å². The predicted molar refractivity (Wildman–Crippen MR) is 88.9 cm³/mol. The van der Waals surface area contributed by atoms with Crippen LogP contribution in [0.3, 0.4) is 0 Å². The molecule has 0 radical (unpaired) electrons. The first kappa shape index (κ1) is 15.0. The van der Waals surface area contributed by atoms with Gasteiger partial charge in [0.05, 0.1) is 12.7 Å². The molecule has 4 heteroatoms. The molecule has 1 heterocycles. The van der Waals surface area contributed by atoms with Crippen molar-refractivity contribution in [1.82, 2.24) is 4.57 Å². The molecular formula is C19H17NO3. The molecule has 0 aliphatic heterocycles. The van der Waals surface area contributed by atoms with Crippen molar-refractivity contribution in [3.8, 4) is 0 Å². The Morgan fingerprint density at radius 3 is 2.57 bits per heavy atom. The topological polar surface area (TPSA) is 48.3 Å². The maximum absolute atomic E-state index is 12.3. The fourth-order valence-corrected chi connectivity index (χ4v) is 2.85. The largest absolute Gasteiger partial charge is 0.464 e. The second-order valence-corrected chi connectivity index (χ2v) is 5.46. The molecule has 3 rings (SSSR count). The summed E-state index contributed by atoms with van der Waals surface area (Å²) < 4.78 is 6.75. The summed E-state index contributed by atoms with van der Waals surface area (Å²) in [4.78, 5) is 23.8. The van der Waals surface area contributed by atoms with Gasteiger partial charge in [0.2, 0.25) is 0 Å². The number of carbonyl (C=O) groups is 2. The first-order chi connectivity index (χ1) is 11.2. The summed E-state index contributed by atoms with van der Waals surface area (Å²) in [7, 11) is 1.33. The third kappa shape index (κ3) is 2.63. The zero-order valence-corrected chi connectivity index (χ0v) is 13.1. The van der Waals surface area contributed by atoms with E-state index in [-0.39, 0.29) is 0 Å². The summed E-state index contributed by atoms with van der Waals surface area (Å²) in [5.41, 5.74) is 3.65. The summed E-state index contributed by atoms with van der Waals surface area (Å²) in [6.45, 7) is 2.48. The quantitative estimate of drug-likeness (QED) is 0.546. The van der Waals surface area contributed by atoms with Gasteiger partial charge in [-0.05, 0) is 24.1 Å². The van der Waals surface area contributed by atoms with Gasteiger partial charge < -0.3 is 9.30 Å². The third-order valence-corrected chi connectivity index (χ3v) is 3.94. The molecule has 3 aromatic rings. The Morgan fingerprint density at radius 1 is 1.17 bits per heavy atom. The maximum Gasteiger partial charge on any atom is 0.355 e. The summed E-state index contributed by atoms with van der Waals surface area (Å²) in [5, 5.41) is 0.766. The summed E-state index contributed by atoms with van der Waals surface area (Å²) >= 11 is 0. The molecule has 1 aromatic heterocycles. The SMILES string of the molecule is COC(=O)c1c(C=O)c2ccc(C)cc2n1Cc1ccccc1. The van der Waals surface area contributed by atoms with E-state index in [1.54, 1.807) is 0 Å². The number of aldehydes is 1. The molecule has 0 saturated carbocycles. The number of ether oxygens (including phenoxy) is 1. The molecule has 0 bridgehead atoms. The molecule has 2 aromatic carbocycles. The Bertz CT molecular complexity index is 879. The number of aryl methyl sites for hydroxylation is 1. The Hall–Kier alpha value is -2.88. The van der Waals surface area contributed by atoms with Crippen molar-refractivity contribution in [2.75, 3.05) is 7.11 Å². The average molecular weight is 307 g/mol. The van der Waals surface area contributed by atoms with Gasteiger partial charge in [-0.1, -0.05) is 42.5 Å². The normalized spacial score (nSPS) is 10.7. The minimum absolute atomic E-state index is 0.298. The van der Waals surface area contributed by atoms with Crippen LogP contribution in [0.4, 0.5) is 0 Å². The zero-order valence-electron chi connectivity index (χ0n) is 13.1. The Labute approximate surface area is 134 Å². The highest BCUT2D eigenvalue weighted by molar-refractivity contribution is 6.08. The molecule has 0 atom stereocenters. The fraction of sp³-hybridized carbons (Fsp3) is 0.158. The Kier molecular flexibility index (Phi) is 3.98. The highest BCUT2D eigenvalue weighted by Crippen LogP contribution is 2.27. The highest BCUT2D eigenvalue weighted by Gasteiger charge is 2.23. The second-order valence-electron chi connectivity index (χ2n) is 5.46. The van der Waals surface area contributed by atoms with Crippen molar-refractivity contribution in [3.63, 3.8) is 0 Å². The van der Waals surface area contributed by atoms with Crippen LogP contribution in [-0.2, 0) is 11.3 Å². The minimum Gasteiger partial charge on any atom is -0.464 e. The minimum atomic E-state index is -0.503. The lowest BCUT2D eigenvalue weighted by atomic mass is 10.1. The molecule has 0 fully saturated rings. The molecule has 0 spiro atoms. The number of aromatic nitrogens is 1. The van der Waals surface area contributed by atoms with Crippen molar-refractivity contribution in [3.05, 3.63) is 70.9 Å². The molecule has 0 saturated heterocycles. The molecule has 23 heavy (non-hydrogen) atoms. The highest BCUT2D eigenvalue weighted by atomic mass is 16.5. The van der Waals surface area contributed by atoms with Crippen molar-refractivity contribution in [1.29, 1.82) is 0 Å². The van der Waals surface area contributed by atoms with Gasteiger partial charge in [0.15, 0.2) is 6.29 Å². The first-order valence-corrected chi connectivity index (χ1v) is 7.36. The van der Waals surface area contributed by atoms with E-state index in [9.17, 15) is 9.59 Å². The lowest BCUT2D eigenvalue weighted by Gasteiger charge is -2.10. The van der Waals surface area contributed by atoms with E-state index in [0.29, 0.717) is 17.8 Å². The van der Waals surface area contributed by atoms with Crippen molar-refractivity contribution >= 4 is 23.2 Å². The number of nitrogens with zero attached hydrogens (tertiary/aromatic N) is 1. The molecule has 0 N–H and O–H groups in total. The van der Waals surface area contributed by atoms with Gasteiger partial charge in [0.25, 0.3) is 0 Å². The van der Waals surface area contributed by atoms with Gasteiger partial charge in [-0.25, -0.2) is 4.79 Å². The molecule has 0 amide bonds. The van der Waals surface area contributed by atoms with E-state index >= 15 is 0 Å². The van der Waals surface area contributed by atoms with E-state index in [2.05, 4.69) is 0 Å². The van der Waals surface area contributed by atoms with Gasteiger partial charge in [0.1, 0.15) is 5.69 Å². The number of fused-ring (bicyclic) bond motifs is 1. The van der Waals surface area contributed by atoms with Crippen molar-refractivity contribution < 1.29 is 14.3 Å². The number of hydrogen-bond acceptors (Lipinski definition) is 3. The average Bonchev–Trinajstić information content (AvgIpc) is 2.88. The monoisotopic (exact) mass is 307 g/mol. The van der Waals surface area contributed by atoms with Crippen LogP contribution in [0.25, 0.3) is 10.9 Å². The molecule has 0 aliphatic carbocycles. The number of hydrogen-bond donors (Lipinski definition) is 0. The molecule has 0 unspecified atom stereocenters. The number of carbonyl (C=O) groups excluding carboxylic acids is 2. The number of esters is 1. The van der Waals surface area contributed by atoms with Gasteiger partial charge >= 0.3 is 5.97 Å². The van der Waals surface area contributed by atoms with E-state index < -0.39 is 5.97 Å². The van der Waals surface area contributed by atoms with Gasteiger partial charge in [-0.15, -0.1) is 0 Å². The summed E-state index contributed by atoms with van der Waals surface area (Å²) in [6, 6.07) is 15.6. The number of benzene rings is 2. The molecule has 4 nitrogen and oxygen atoms in total. The van der Waals surface area contributed by atoms with Gasteiger partial charge in [-0.2, -0.15) is 0 Å². The Morgan fingerprint density at radius 2 is 1.91 bits per heavy atom. The third-order valence-electron chi connectivity index (χ3n) is 3.94. The van der Waals surface area contributed by atoms with Crippen LogP contribution < -0.4 is 0 Å². The van der Waals surface area contributed by atoms with E-state index in [0.717, 1.165) is 28.3 Å². The number of rotatable bonds is 4. The van der Waals surface area contributed by atoms with Crippen LogP contribution in [0.15, 0.2) is 48.5 Å². The van der Waals surface area contributed by atoms with Gasteiger partial charge in [-0.3, -0.25) is 4.79 Å². The van der Waals surface area contributed by atoms with E-state index in [4.69, 9.17) is 4.74 Å². The van der Waals surface area contributed by atoms with E-state index in [1.165, 1.54) is 7.11 Å². The van der Waals surface area contributed by atoms with Crippen LogP contribution in [0, 0.1) is 6.92 Å². The lowest BCUT2D eigenvalue weighted by Crippen LogP contribution is -2.13. The zero-order chi connectivity index (χ0) is 16.4. The fourth-order valence-electron chi connectivity index (χ4n) is 2.85. The molecule has 0 aliphatic rings. The lowest BCUT2D eigenvalue weighted by molar-refractivity contribution is 0.0587. The van der Waals surface area contributed by atoms with Crippen molar-refractivity contribution in [2.45, 2.75) is 13.5 Å². The standard InChI is InChI=1S/C19H17NO3/c1-13-8-9-15-16(12-21)18(19(22)23-2)20(17(15)10-13)11-14-6-4-3-5-7-14/h3-10,12H,11H2,1-2H3. The first-order valence-electron chi connectivity index (χ1n) is 7.36. The van der Waals surface area contributed by atoms with Crippen LogP contribution in [0.2, 0.25) is 0 Å². The van der Waals surface area contributed by atoms with Gasteiger partial charge in [0, 0.05) is 17.4 Å². The van der Waals surface area contributed by atoms with Crippen LogP contribution >= 0.6 is 0 Å². The molecular weight excluding hydrogens is 290 g/mol. The summed E-state index contributed by atoms with van der Waals surface area (Å²) in [6.07, 6.45) is 0.728. The summed E-state index contributed by atoms with van der Waals surface area (Å²) in [5.74, 6) is -0.503. The Balaban J connectivity index is 2.30. The second kappa shape index (κ2) is 6.08. The van der Waals surface area contributed by atoms with Crippen LogP contribution in [0.5, 0.6) is 0 Å². The molecule has 116 valence electrons. The maximum atomic E-state index is 12.3. The van der Waals surface area contributed by atoms with Crippen LogP contribution in [-0.4, -0.2) is 23.9 Å².